The fourth-order valence-corrected chi connectivity index (χ4v) is 3.69. The number of anilines is 2. The number of hydrogen-bond acceptors (Lipinski definition) is 6. The molecule has 0 spiro atoms. The maximum atomic E-state index is 13.1. The molecule has 160 valence electrons. The van der Waals surface area contributed by atoms with Crippen LogP contribution in [0.15, 0.2) is 67.0 Å². The summed E-state index contributed by atoms with van der Waals surface area (Å²) in [6, 6.07) is 17.3. The van der Waals surface area contributed by atoms with Gasteiger partial charge in [-0.25, -0.2) is 0 Å². The summed E-state index contributed by atoms with van der Waals surface area (Å²) < 4.78 is 6.02. The molecule has 1 saturated heterocycles. The number of nitrogens with zero attached hydrogens (tertiary/aromatic N) is 3. The van der Waals surface area contributed by atoms with Crippen LogP contribution < -0.4 is 15.0 Å². The van der Waals surface area contributed by atoms with Crippen LogP contribution in [0, 0.1) is 5.92 Å². The molecule has 31 heavy (non-hydrogen) atoms. The predicted octanol–water partition coefficient (Wildman–Crippen LogP) is 3.52. The monoisotopic (exact) mass is 418 g/mol. The zero-order valence-corrected chi connectivity index (χ0v) is 17.3. The Balaban J connectivity index is 1.56. The van der Waals surface area contributed by atoms with Gasteiger partial charge in [0.15, 0.2) is 0 Å². The van der Waals surface area contributed by atoms with Crippen LogP contribution in [0.4, 0.5) is 11.4 Å². The van der Waals surface area contributed by atoms with Crippen molar-refractivity contribution in [1.82, 2.24) is 10.2 Å². The third-order valence-electron chi connectivity index (χ3n) is 5.52. The number of hydrogen-bond donors (Lipinski definition) is 2. The van der Waals surface area contributed by atoms with Gasteiger partial charge in [-0.05, 0) is 48.6 Å². The number of piperidine rings is 1. The van der Waals surface area contributed by atoms with Crippen LogP contribution in [-0.2, 0) is 6.61 Å². The molecule has 7 nitrogen and oxygen atoms in total. The van der Waals surface area contributed by atoms with Gasteiger partial charge >= 0.3 is 0 Å². The van der Waals surface area contributed by atoms with Gasteiger partial charge in [-0.3, -0.25) is 4.79 Å². The highest BCUT2D eigenvalue weighted by Gasteiger charge is 2.21. The first-order chi connectivity index (χ1) is 15.2. The fraction of sp³-hybridized carbons (Fsp3) is 0.292. The zero-order valence-electron chi connectivity index (χ0n) is 17.3. The molecule has 1 aliphatic heterocycles. The lowest BCUT2D eigenvalue weighted by Crippen LogP contribution is -2.34. The minimum atomic E-state index is -0.261. The van der Waals surface area contributed by atoms with Gasteiger partial charge in [0.1, 0.15) is 12.4 Å². The van der Waals surface area contributed by atoms with E-state index in [1.807, 2.05) is 48.5 Å². The molecule has 0 atom stereocenters. The number of rotatable bonds is 7. The van der Waals surface area contributed by atoms with Crippen molar-refractivity contribution < 1.29 is 14.6 Å². The number of ether oxygens (including phenoxy) is 1. The van der Waals surface area contributed by atoms with Crippen molar-refractivity contribution >= 4 is 17.3 Å². The summed E-state index contributed by atoms with van der Waals surface area (Å²) in [4.78, 5) is 15.3. The van der Waals surface area contributed by atoms with Gasteiger partial charge in [-0.15, -0.1) is 0 Å². The lowest BCUT2D eigenvalue weighted by molar-refractivity contribution is 0.102. The standard InChI is InChI=1S/C24H26N4O3/c29-16-18-9-12-28(13-10-18)21-6-7-23(31-17-19-4-2-1-3-5-19)22(14-21)24(30)27-20-8-11-25-26-15-20/h1-8,11,14-15,18,29H,9-10,12-13,16-17H2,(H,25,27,30). The molecule has 4 rings (SSSR count). The number of aliphatic hydroxyl groups is 1. The van der Waals surface area contributed by atoms with Crippen molar-refractivity contribution in [1.29, 1.82) is 0 Å². The molecule has 1 aromatic heterocycles. The summed E-state index contributed by atoms with van der Waals surface area (Å²) >= 11 is 0. The topological polar surface area (TPSA) is 87.6 Å². The number of amides is 1. The molecule has 0 saturated carbocycles. The maximum absolute atomic E-state index is 13.1. The number of nitrogens with one attached hydrogen (secondary N) is 1. The Hall–Kier alpha value is -3.45. The SMILES string of the molecule is O=C(Nc1ccnnc1)c1cc(N2CCC(CO)CC2)ccc1OCc1ccccc1. The zero-order chi connectivity index (χ0) is 21.5. The van der Waals surface area contributed by atoms with Gasteiger partial charge in [-0.2, -0.15) is 10.2 Å². The molecule has 2 heterocycles. The average molecular weight is 418 g/mol. The molecule has 1 amide bonds. The van der Waals surface area contributed by atoms with Crippen LogP contribution in [0.2, 0.25) is 0 Å². The summed E-state index contributed by atoms with van der Waals surface area (Å²) in [5.74, 6) is 0.618. The molecule has 2 aromatic carbocycles. The molecule has 1 fully saturated rings. The van der Waals surface area contributed by atoms with E-state index in [-0.39, 0.29) is 12.5 Å². The van der Waals surface area contributed by atoms with E-state index in [9.17, 15) is 9.90 Å². The van der Waals surface area contributed by atoms with E-state index in [1.54, 1.807) is 6.07 Å². The number of carbonyl (C=O) groups excluding carboxylic acids is 1. The first-order valence-corrected chi connectivity index (χ1v) is 10.5. The van der Waals surface area contributed by atoms with Crippen LogP contribution in [0.3, 0.4) is 0 Å². The molecule has 1 aliphatic rings. The summed E-state index contributed by atoms with van der Waals surface area (Å²) in [5.41, 5.74) is 3.04. The summed E-state index contributed by atoms with van der Waals surface area (Å²) in [5, 5.41) is 19.8. The summed E-state index contributed by atoms with van der Waals surface area (Å²) in [6.45, 7) is 2.31. The third-order valence-corrected chi connectivity index (χ3v) is 5.52. The Morgan fingerprint density at radius 2 is 1.90 bits per heavy atom. The second-order valence-electron chi connectivity index (χ2n) is 7.65. The number of carbonyl (C=O) groups is 1. The Bertz CT molecular complexity index is 990. The highest BCUT2D eigenvalue weighted by molar-refractivity contribution is 6.06. The molecule has 3 aromatic rings. The normalized spacial score (nSPS) is 14.3. The van der Waals surface area contributed by atoms with Gasteiger partial charge in [0.2, 0.25) is 0 Å². The minimum Gasteiger partial charge on any atom is -0.488 e. The highest BCUT2D eigenvalue weighted by Crippen LogP contribution is 2.29. The molecule has 2 N–H and O–H groups in total. The first kappa shape index (κ1) is 20.8. The van der Waals surface area contributed by atoms with Gasteiger partial charge in [0.05, 0.1) is 23.6 Å². The lowest BCUT2D eigenvalue weighted by atomic mass is 9.97. The molecular weight excluding hydrogens is 392 g/mol. The van der Waals surface area contributed by atoms with Gasteiger partial charge in [-0.1, -0.05) is 30.3 Å². The largest absolute Gasteiger partial charge is 0.488 e. The number of benzene rings is 2. The van der Waals surface area contributed by atoms with Crippen LogP contribution in [0.25, 0.3) is 0 Å². The van der Waals surface area contributed by atoms with E-state index in [0.717, 1.165) is 37.2 Å². The van der Waals surface area contributed by atoms with E-state index in [0.29, 0.717) is 29.5 Å². The smallest absolute Gasteiger partial charge is 0.259 e. The van der Waals surface area contributed by atoms with Crippen molar-refractivity contribution in [3.8, 4) is 5.75 Å². The van der Waals surface area contributed by atoms with Crippen LogP contribution in [0.5, 0.6) is 5.75 Å². The Morgan fingerprint density at radius 1 is 1.10 bits per heavy atom. The lowest BCUT2D eigenvalue weighted by Gasteiger charge is -2.33. The summed E-state index contributed by atoms with van der Waals surface area (Å²) in [7, 11) is 0. The number of aliphatic hydroxyl groups excluding tert-OH is 1. The third kappa shape index (κ3) is 5.38. The first-order valence-electron chi connectivity index (χ1n) is 10.5. The highest BCUT2D eigenvalue weighted by atomic mass is 16.5. The fourth-order valence-electron chi connectivity index (χ4n) is 3.69. The van der Waals surface area contributed by atoms with E-state index in [1.165, 1.54) is 12.4 Å². The molecular formula is C24H26N4O3. The van der Waals surface area contributed by atoms with E-state index in [2.05, 4.69) is 20.4 Å². The molecule has 0 radical (unpaired) electrons. The molecule has 0 bridgehead atoms. The van der Waals surface area contributed by atoms with Crippen molar-refractivity contribution in [3.63, 3.8) is 0 Å². The van der Waals surface area contributed by atoms with Crippen molar-refractivity contribution in [3.05, 3.63) is 78.1 Å². The minimum absolute atomic E-state index is 0.230. The Morgan fingerprint density at radius 3 is 2.61 bits per heavy atom. The second kappa shape index (κ2) is 10.0. The number of aromatic nitrogens is 2. The van der Waals surface area contributed by atoms with Gasteiger partial charge in [0, 0.05) is 25.4 Å². The molecule has 0 aliphatic carbocycles. The maximum Gasteiger partial charge on any atom is 0.259 e. The quantitative estimate of drug-likeness (QED) is 0.611. The van der Waals surface area contributed by atoms with Gasteiger partial charge < -0.3 is 20.1 Å². The van der Waals surface area contributed by atoms with Crippen LogP contribution >= 0.6 is 0 Å². The summed E-state index contributed by atoms with van der Waals surface area (Å²) in [6.07, 6.45) is 4.91. The van der Waals surface area contributed by atoms with Crippen molar-refractivity contribution in [2.45, 2.75) is 19.4 Å². The molecule has 0 unspecified atom stereocenters. The van der Waals surface area contributed by atoms with E-state index >= 15 is 0 Å². The van der Waals surface area contributed by atoms with E-state index < -0.39 is 0 Å². The van der Waals surface area contributed by atoms with Crippen LogP contribution in [0.1, 0.15) is 28.8 Å². The Kier molecular flexibility index (Phi) is 6.74. The predicted molar refractivity (Wildman–Crippen MR) is 119 cm³/mol. The van der Waals surface area contributed by atoms with Crippen LogP contribution in [-0.4, -0.2) is 40.9 Å². The average Bonchev–Trinajstić information content (AvgIpc) is 2.84. The second-order valence-corrected chi connectivity index (χ2v) is 7.65. The van der Waals surface area contributed by atoms with Crippen molar-refractivity contribution in [2.24, 2.45) is 5.92 Å². The molecule has 7 heteroatoms. The van der Waals surface area contributed by atoms with Gasteiger partial charge in [0.25, 0.3) is 5.91 Å². The Labute approximate surface area is 181 Å². The van der Waals surface area contributed by atoms with Crippen molar-refractivity contribution in [2.75, 3.05) is 29.9 Å². The van der Waals surface area contributed by atoms with E-state index in [4.69, 9.17) is 4.74 Å².